The molecule has 0 bridgehead atoms. The lowest BCUT2D eigenvalue weighted by Gasteiger charge is -2.38. The van der Waals surface area contributed by atoms with Gasteiger partial charge in [-0.25, -0.2) is 4.99 Å². The highest BCUT2D eigenvalue weighted by Crippen LogP contribution is 2.25. The monoisotopic (exact) mass is 404 g/mol. The molecule has 0 saturated carbocycles. The van der Waals surface area contributed by atoms with Crippen LogP contribution in [0.5, 0.6) is 0 Å². The van der Waals surface area contributed by atoms with Gasteiger partial charge in [0.25, 0.3) is 0 Å². The van der Waals surface area contributed by atoms with Gasteiger partial charge in [-0.15, -0.1) is 10.2 Å². The van der Waals surface area contributed by atoms with E-state index in [1.165, 1.54) is 0 Å². The minimum Gasteiger partial charge on any atom is -0.367 e. The highest BCUT2D eigenvalue weighted by Gasteiger charge is 2.21. The second-order valence-electron chi connectivity index (χ2n) is 6.94. The van der Waals surface area contributed by atoms with Crippen LogP contribution < -0.4 is 10.2 Å². The molecule has 9 heteroatoms. The van der Waals surface area contributed by atoms with Gasteiger partial charge in [-0.3, -0.25) is 4.98 Å². The van der Waals surface area contributed by atoms with Crippen LogP contribution in [-0.4, -0.2) is 63.3 Å². The topological polar surface area (TPSA) is 74.5 Å². The zero-order valence-corrected chi connectivity index (χ0v) is 17.7. The lowest BCUT2D eigenvalue weighted by Crippen LogP contribution is -2.52. The molecule has 2 aromatic rings. The summed E-state index contributed by atoms with van der Waals surface area (Å²) in [5.41, 5.74) is 1.04. The van der Waals surface area contributed by atoms with Crippen molar-refractivity contribution in [2.45, 2.75) is 33.2 Å². The maximum Gasteiger partial charge on any atom is 0.194 e. The highest BCUT2D eigenvalue weighted by atomic mass is 35.5. The Morgan fingerprint density at radius 1 is 1.25 bits per heavy atom. The molecule has 1 N–H and O–H groups in total. The van der Waals surface area contributed by atoms with Crippen molar-refractivity contribution in [3.8, 4) is 0 Å². The first-order valence-electron chi connectivity index (χ1n) is 9.82. The van der Waals surface area contributed by atoms with Crippen LogP contribution in [0.1, 0.15) is 31.4 Å². The number of rotatable bonds is 6. The summed E-state index contributed by atoms with van der Waals surface area (Å²) >= 11 is 6.31. The standard InChI is InChI=1S/C19H29ClN8/c1-4-5-7-22-19(23-14-18-25-24-15(2)26(18)3)28-11-9-27(10-12-28)17-6-8-21-13-16(17)20/h6,8,13H,4-5,7,9-12,14H2,1-3H3,(H,22,23). The number of anilines is 1. The number of aryl methyl sites for hydroxylation is 1. The molecule has 3 heterocycles. The Balaban J connectivity index is 1.66. The number of halogens is 1. The fourth-order valence-corrected chi connectivity index (χ4v) is 3.40. The van der Waals surface area contributed by atoms with E-state index in [2.05, 4.69) is 37.2 Å². The molecule has 3 rings (SSSR count). The van der Waals surface area contributed by atoms with E-state index in [1.807, 2.05) is 24.6 Å². The number of nitrogens with one attached hydrogen (secondary N) is 1. The summed E-state index contributed by atoms with van der Waals surface area (Å²) in [7, 11) is 1.97. The smallest absolute Gasteiger partial charge is 0.194 e. The Kier molecular flexibility index (Phi) is 7.08. The van der Waals surface area contributed by atoms with Crippen LogP contribution in [0.25, 0.3) is 0 Å². The molecule has 1 fully saturated rings. The van der Waals surface area contributed by atoms with Crippen LogP contribution in [0, 0.1) is 6.92 Å². The second kappa shape index (κ2) is 9.73. The van der Waals surface area contributed by atoms with Gasteiger partial charge in [0.05, 0.1) is 10.7 Å². The molecular formula is C19H29ClN8. The van der Waals surface area contributed by atoms with Gasteiger partial charge in [0.1, 0.15) is 12.4 Å². The number of hydrogen-bond donors (Lipinski definition) is 1. The van der Waals surface area contributed by atoms with Crippen molar-refractivity contribution in [3.05, 3.63) is 35.1 Å². The first-order chi connectivity index (χ1) is 13.6. The first-order valence-corrected chi connectivity index (χ1v) is 10.2. The second-order valence-corrected chi connectivity index (χ2v) is 7.35. The van der Waals surface area contributed by atoms with E-state index in [4.69, 9.17) is 16.6 Å². The van der Waals surface area contributed by atoms with Crippen LogP contribution in [0.4, 0.5) is 5.69 Å². The Bertz CT molecular complexity index is 795. The van der Waals surface area contributed by atoms with Crippen LogP contribution in [0.3, 0.4) is 0 Å². The summed E-state index contributed by atoms with van der Waals surface area (Å²) < 4.78 is 1.98. The van der Waals surface area contributed by atoms with Gasteiger partial charge in [0.15, 0.2) is 11.8 Å². The summed E-state index contributed by atoms with van der Waals surface area (Å²) in [6, 6.07) is 1.98. The summed E-state index contributed by atoms with van der Waals surface area (Å²) in [6.45, 7) is 9.12. The molecule has 2 aromatic heterocycles. The van der Waals surface area contributed by atoms with Gasteiger partial charge < -0.3 is 19.7 Å². The van der Waals surface area contributed by atoms with E-state index in [0.717, 1.165) is 68.9 Å². The van der Waals surface area contributed by atoms with Crippen molar-refractivity contribution in [1.82, 2.24) is 30.0 Å². The molecule has 0 radical (unpaired) electrons. The van der Waals surface area contributed by atoms with E-state index in [1.54, 1.807) is 12.4 Å². The van der Waals surface area contributed by atoms with E-state index in [-0.39, 0.29) is 0 Å². The quantitative estimate of drug-likeness (QED) is 0.452. The van der Waals surface area contributed by atoms with Crippen LogP contribution in [0.2, 0.25) is 5.02 Å². The number of pyridine rings is 1. The molecule has 0 aromatic carbocycles. The molecule has 1 saturated heterocycles. The van der Waals surface area contributed by atoms with E-state index in [0.29, 0.717) is 11.6 Å². The van der Waals surface area contributed by atoms with E-state index < -0.39 is 0 Å². The number of aliphatic imine (C=N–C) groups is 1. The predicted octanol–water partition coefficient (Wildman–Crippen LogP) is 2.24. The van der Waals surface area contributed by atoms with Crippen molar-refractivity contribution in [2.24, 2.45) is 12.0 Å². The molecule has 0 aliphatic carbocycles. The van der Waals surface area contributed by atoms with Crippen molar-refractivity contribution in [3.63, 3.8) is 0 Å². The third-order valence-corrected chi connectivity index (χ3v) is 5.33. The molecule has 152 valence electrons. The largest absolute Gasteiger partial charge is 0.367 e. The Hall–Kier alpha value is -2.35. The van der Waals surface area contributed by atoms with Gasteiger partial charge in [0.2, 0.25) is 0 Å². The lowest BCUT2D eigenvalue weighted by molar-refractivity contribution is 0.371. The predicted molar refractivity (Wildman–Crippen MR) is 113 cm³/mol. The first kappa shape index (κ1) is 20.4. The molecule has 0 unspecified atom stereocenters. The molecule has 28 heavy (non-hydrogen) atoms. The fraction of sp³-hybridized carbons (Fsp3) is 0.579. The summed E-state index contributed by atoms with van der Waals surface area (Å²) in [4.78, 5) is 13.5. The highest BCUT2D eigenvalue weighted by molar-refractivity contribution is 6.33. The van der Waals surface area contributed by atoms with Gasteiger partial charge in [-0.1, -0.05) is 24.9 Å². The molecular weight excluding hydrogens is 376 g/mol. The fourth-order valence-electron chi connectivity index (χ4n) is 3.16. The number of unbranched alkanes of at least 4 members (excludes halogenated alkanes) is 1. The minimum absolute atomic E-state index is 0.516. The summed E-state index contributed by atoms with van der Waals surface area (Å²) in [5.74, 6) is 2.71. The Morgan fingerprint density at radius 3 is 2.68 bits per heavy atom. The number of aromatic nitrogens is 4. The van der Waals surface area contributed by atoms with Crippen LogP contribution in [0.15, 0.2) is 23.5 Å². The lowest BCUT2D eigenvalue weighted by atomic mass is 10.2. The van der Waals surface area contributed by atoms with Gasteiger partial charge in [-0.05, 0) is 19.4 Å². The van der Waals surface area contributed by atoms with Crippen molar-refractivity contribution >= 4 is 23.2 Å². The summed E-state index contributed by atoms with van der Waals surface area (Å²) in [6.07, 6.45) is 5.76. The number of hydrogen-bond acceptors (Lipinski definition) is 5. The summed E-state index contributed by atoms with van der Waals surface area (Å²) in [5, 5.41) is 12.6. The van der Waals surface area contributed by atoms with Gasteiger partial charge in [-0.2, -0.15) is 0 Å². The van der Waals surface area contributed by atoms with E-state index in [9.17, 15) is 0 Å². The van der Waals surface area contributed by atoms with Crippen LogP contribution >= 0.6 is 11.6 Å². The third-order valence-electron chi connectivity index (χ3n) is 5.04. The molecule has 0 amide bonds. The molecule has 0 atom stereocenters. The molecule has 1 aliphatic heterocycles. The molecule has 1 aliphatic rings. The van der Waals surface area contributed by atoms with Crippen LogP contribution in [-0.2, 0) is 13.6 Å². The minimum atomic E-state index is 0.516. The van der Waals surface area contributed by atoms with Gasteiger partial charge >= 0.3 is 0 Å². The maximum absolute atomic E-state index is 6.31. The Morgan fingerprint density at radius 2 is 2.04 bits per heavy atom. The zero-order valence-electron chi connectivity index (χ0n) is 16.9. The number of piperazine rings is 1. The average Bonchev–Trinajstić information content (AvgIpc) is 3.03. The zero-order chi connectivity index (χ0) is 19.9. The van der Waals surface area contributed by atoms with Crippen molar-refractivity contribution in [1.29, 1.82) is 0 Å². The van der Waals surface area contributed by atoms with E-state index >= 15 is 0 Å². The SMILES string of the molecule is CCCCNC(=NCc1nnc(C)n1C)N1CCN(c2ccncc2Cl)CC1. The number of guanidine groups is 1. The third kappa shape index (κ3) is 4.92. The Labute approximate surface area is 171 Å². The molecule has 8 nitrogen and oxygen atoms in total. The number of nitrogens with zero attached hydrogens (tertiary/aromatic N) is 7. The normalized spacial score (nSPS) is 15.2. The van der Waals surface area contributed by atoms with Gasteiger partial charge in [0, 0.05) is 52.2 Å². The molecule has 0 spiro atoms. The van der Waals surface area contributed by atoms with Crippen molar-refractivity contribution < 1.29 is 0 Å². The average molecular weight is 405 g/mol. The van der Waals surface area contributed by atoms with Crippen molar-refractivity contribution in [2.75, 3.05) is 37.6 Å². The maximum atomic E-state index is 6.31.